The van der Waals surface area contributed by atoms with Crippen molar-refractivity contribution in [3.8, 4) is 0 Å². The number of benzene rings is 1. The molecule has 1 fully saturated rings. The number of amides is 1. The molecule has 0 aromatic heterocycles. The van der Waals surface area contributed by atoms with E-state index in [9.17, 15) is 26.4 Å². The number of nitrogens with zero attached hydrogens (tertiary/aromatic N) is 1. The number of aryl methyl sites for hydroxylation is 1. The second kappa shape index (κ2) is 5.54. The van der Waals surface area contributed by atoms with Crippen LogP contribution in [0.5, 0.6) is 0 Å². The third-order valence-electron chi connectivity index (χ3n) is 3.42. The summed E-state index contributed by atoms with van der Waals surface area (Å²) in [4.78, 5) is 13.0. The maximum Gasteiger partial charge on any atom is 0.418 e. The highest BCUT2D eigenvalue weighted by atomic mass is 32.2. The summed E-state index contributed by atoms with van der Waals surface area (Å²) in [6.45, 7) is 1.52. The van der Waals surface area contributed by atoms with E-state index in [1.807, 2.05) is 0 Å². The molecule has 1 atom stereocenters. The average molecular weight is 336 g/mol. The first-order chi connectivity index (χ1) is 9.97. The molecule has 22 heavy (non-hydrogen) atoms. The minimum absolute atomic E-state index is 0.0954. The number of hydrogen-bond donors (Lipinski definition) is 1. The van der Waals surface area contributed by atoms with Gasteiger partial charge >= 0.3 is 6.18 Å². The number of nitrogens with two attached hydrogens (primary N) is 1. The fourth-order valence-electron chi connectivity index (χ4n) is 2.56. The number of rotatable bonds is 3. The van der Waals surface area contributed by atoms with Crippen molar-refractivity contribution in [3.05, 3.63) is 29.3 Å². The van der Waals surface area contributed by atoms with Crippen LogP contribution in [0.3, 0.4) is 0 Å². The van der Waals surface area contributed by atoms with E-state index in [2.05, 4.69) is 0 Å². The summed E-state index contributed by atoms with van der Waals surface area (Å²) in [7, 11) is -3.78. The molecule has 0 saturated carbocycles. The van der Waals surface area contributed by atoms with Crippen LogP contribution in [0.25, 0.3) is 0 Å². The highest BCUT2D eigenvalue weighted by Crippen LogP contribution is 2.39. The van der Waals surface area contributed by atoms with E-state index in [0.29, 0.717) is 5.56 Å². The van der Waals surface area contributed by atoms with Crippen LogP contribution in [0.4, 0.5) is 18.9 Å². The molecule has 1 aliphatic rings. The molecule has 0 aliphatic carbocycles. The van der Waals surface area contributed by atoms with E-state index in [1.165, 1.54) is 12.1 Å². The van der Waals surface area contributed by atoms with Gasteiger partial charge in [-0.25, -0.2) is 13.6 Å². The lowest BCUT2D eigenvalue weighted by atomic mass is 10.1. The van der Waals surface area contributed by atoms with Crippen LogP contribution in [0.1, 0.15) is 17.5 Å². The van der Waals surface area contributed by atoms with Crippen molar-refractivity contribution < 1.29 is 26.4 Å². The van der Waals surface area contributed by atoms with Gasteiger partial charge in [-0.1, -0.05) is 6.07 Å². The van der Waals surface area contributed by atoms with Gasteiger partial charge in [0, 0.05) is 18.9 Å². The van der Waals surface area contributed by atoms with Gasteiger partial charge in [0.05, 0.1) is 17.0 Å². The topological polar surface area (TPSA) is 80.5 Å². The van der Waals surface area contributed by atoms with Crippen molar-refractivity contribution in [2.45, 2.75) is 19.5 Å². The zero-order chi connectivity index (χ0) is 16.7. The molecule has 122 valence electrons. The fourth-order valence-corrected chi connectivity index (χ4v) is 3.44. The van der Waals surface area contributed by atoms with E-state index >= 15 is 0 Å². The third-order valence-corrected chi connectivity index (χ3v) is 4.36. The normalized spacial score (nSPS) is 19.8. The van der Waals surface area contributed by atoms with Gasteiger partial charge in [-0.15, -0.1) is 0 Å². The van der Waals surface area contributed by atoms with Crippen LogP contribution in [-0.4, -0.2) is 26.6 Å². The Kier molecular flexibility index (Phi) is 4.22. The minimum Gasteiger partial charge on any atom is -0.311 e. The predicted octanol–water partition coefficient (Wildman–Crippen LogP) is 1.66. The van der Waals surface area contributed by atoms with E-state index in [0.717, 1.165) is 11.0 Å². The Morgan fingerprint density at radius 3 is 2.55 bits per heavy atom. The van der Waals surface area contributed by atoms with Crippen molar-refractivity contribution in [2.24, 2.45) is 11.1 Å². The average Bonchev–Trinajstić information content (AvgIpc) is 2.65. The number of halogens is 3. The molecule has 0 radical (unpaired) electrons. The number of anilines is 1. The van der Waals surface area contributed by atoms with Gasteiger partial charge in [-0.3, -0.25) is 4.79 Å². The predicted molar refractivity (Wildman–Crippen MR) is 74.6 cm³/mol. The van der Waals surface area contributed by atoms with Crippen molar-refractivity contribution in [1.82, 2.24) is 0 Å². The monoisotopic (exact) mass is 336 g/mol. The summed E-state index contributed by atoms with van der Waals surface area (Å²) in [5.74, 6) is -1.57. The molecule has 1 saturated heterocycles. The molecular weight excluding hydrogens is 321 g/mol. The summed E-state index contributed by atoms with van der Waals surface area (Å²) in [6, 6.07) is 3.51. The van der Waals surface area contributed by atoms with Crippen LogP contribution < -0.4 is 10.0 Å². The molecule has 2 N–H and O–H groups in total. The number of hydrogen-bond acceptors (Lipinski definition) is 3. The highest BCUT2D eigenvalue weighted by Gasteiger charge is 2.39. The quantitative estimate of drug-likeness (QED) is 0.911. The lowest BCUT2D eigenvalue weighted by molar-refractivity contribution is -0.137. The number of primary sulfonamides is 1. The zero-order valence-electron chi connectivity index (χ0n) is 11.7. The maximum atomic E-state index is 13.1. The maximum absolute atomic E-state index is 13.1. The van der Waals surface area contributed by atoms with Crippen molar-refractivity contribution in [1.29, 1.82) is 0 Å². The molecule has 2 rings (SSSR count). The van der Waals surface area contributed by atoms with Gasteiger partial charge in [0.15, 0.2) is 0 Å². The van der Waals surface area contributed by atoms with E-state index < -0.39 is 39.3 Å². The molecule has 0 bridgehead atoms. The van der Waals surface area contributed by atoms with Crippen LogP contribution in [0, 0.1) is 12.8 Å². The molecule has 5 nitrogen and oxygen atoms in total. The SMILES string of the molecule is Cc1ccc(C(F)(F)F)c(N2CC(CS(N)(=O)=O)CC2=O)c1. The molecule has 1 heterocycles. The Labute approximate surface area is 125 Å². The number of alkyl halides is 3. The first-order valence-corrected chi connectivity index (χ1v) is 8.17. The summed E-state index contributed by atoms with van der Waals surface area (Å²) < 4.78 is 61.4. The van der Waals surface area contributed by atoms with Crippen molar-refractivity contribution in [2.75, 3.05) is 17.2 Å². The first kappa shape index (κ1) is 16.8. The molecule has 9 heteroatoms. The largest absolute Gasteiger partial charge is 0.418 e. The molecule has 1 amide bonds. The summed E-state index contributed by atoms with van der Waals surface area (Å²) in [6.07, 6.45) is -4.73. The smallest absolute Gasteiger partial charge is 0.311 e. The van der Waals surface area contributed by atoms with Gasteiger partial charge in [-0.2, -0.15) is 13.2 Å². The minimum atomic E-state index is -4.60. The first-order valence-electron chi connectivity index (χ1n) is 6.46. The fraction of sp³-hybridized carbons (Fsp3) is 0.462. The Balaban J connectivity index is 2.36. The van der Waals surface area contributed by atoms with E-state index in [4.69, 9.17) is 5.14 Å². The lowest BCUT2D eigenvalue weighted by Crippen LogP contribution is -2.29. The number of carbonyl (C=O) groups is 1. The van der Waals surface area contributed by atoms with E-state index in [1.54, 1.807) is 6.92 Å². The molecule has 1 unspecified atom stereocenters. The van der Waals surface area contributed by atoms with Gasteiger partial charge in [-0.05, 0) is 24.6 Å². The molecule has 1 aliphatic heterocycles. The summed E-state index contributed by atoms with van der Waals surface area (Å²) >= 11 is 0. The third kappa shape index (κ3) is 3.77. The van der Waals surface area contributed by atoms with Gasteiger partial charge in [0.2, 0.25) is 15.9 Å². The van der Waals surface area contributed by atoms with Crippen molar-refractivity contribution in [3.63, 3.8) is 0 Å². The van der Waals surface area contributed by atoms with Gasteiger partial charge in [0.1, 0.15) is 0 Å². The summed E-state index contributed by atoms with van der Waals surface area (Å²) in [5.41, 5.74) is -0.581. The Morgan fingerprint density at radius 2 is 2.00 bits per heavy atom. The number of carbonyl (C=O) groups excluding carboxylic acids is 1. The highest BCUT2D eigenvalue weighted by molar-refractivity contribution is 7.89. The van der Waals surface area contributed by atoms with Crippen LogP contribution in [-0.2, 0) is 21.0 Å². The Morgan fingerprint density at radius 1 is 1.36 bits per heavy atom. The second-order valence-electron chi connectivity index (χ2n) is 5.42. The molecular formula is C13H15F3N2O3S. The molecule has 1 aromatic rings. The lowest BCUT2D eigenvalue weighted by Gasteiger charge is -2.22. The van der Waals surface area contributed by atoms with Gasteiger partial charge < -0.3 is 4.90 Å². The Hall–Kier alpha value is -1.61. The van der Waals surface area contributed by atoms with E-state index in [-0.39, 0.29) is 18.7 Å². The standard InChI is InChI=1S/C13H15F3N2O3S/c1-8-2-3-10(13(14,15)16)11(4-8)18-6-9(5-12(18)19)7-22(17,20)21/h2-4,9H,5-7H2,1H3,(H2,17,20,21). The van der Waals surface area contributed by atoms with Crippen LogP contribution in [0.15, 0.2) is 18.2 Å². The van der Waals surface area contributed by atoms with Gasteiger partial charge in [0.25, 0.3) is 0 Å². The van der Waals surface area contributed by atoms with Crippen LogP contribution in [0.2, 0.25) is 0 Å². The summed E-state index contributed by atoms with van der Waals surface area (Å²) in [5, 5.41) is 4.93. The Bertz CT molecular complexity index is 701. The molecule has 1 aromatic carbocycles. The molecule has 0 spiro atoms. The zero-order valence-corrected chi connectivity index (χ0v) is 12.5. The van der Waals surface area contributed by atoms with Crippen molar-refractivity contribution >= 4 is 21.6 Å². The number of sulfonamides is 1. The van der Waals surface area contributed by atoms with Crippen LogP contribution >= 0.6 is 0 Å². The second-order valence-corrected chi connectivity index (χ2v) is 7.08.